The highest BCUT2D eigenvalue weighted by Crippen LogP contribution is 2.14. The van der Waals surface area contributed by atoms with Crippen LogP contribution in [0.2, 0.25) is 0 Å². The van der Waals surface area contributed by atoms with Gasteiger partial charge in [-0.05, 0) is 5.56 Å². The van der Waals surface area contributed by atoms with Crippen molar-refractivity contribution < 1.29 is 14.3 Å². The second kappa shape index (κ2) is 4.24. The van der Waals surface area contributed by atoms with Crippen LogP contribution in [0.1, 0.15) is 12.0 Å². The molecule has 1 saturated heterocycles. The molecule has 0 bridgehead atoms. The van der Waals surface area contributed by atoms with Crippen molar-refractivity contribution in [3.05, 3.63) is 35.9 Å². The average molecular weight is 192 g/mol. The zero-order valence-electron chi connectivity index (χ0n) is 7.81. The fourth-order valence-electron chi connectivity index (χ4n) is 1.17. The molecule has 14 heavy (non-hydrogen) atoms. The Bertz CT molecular complexity index is 304. The number of hydrogen-bond donors (Lipinski definition) is 0. The topological polar surface area (TPSA) is 38.8 Å². The van der Waals surface area contributed by atoms with Crippen LogP contribution in [0.25, 0.3) is 0 Å². The summed E-state index contributed by atoms with van der Waals surface area (Å²) in [4.78, 5) is 11.2. The minimum Gasteiger partial charge on any atom is -0.461 e. The number of ether oxygens (including phenoxy) is 2. The predicted octanol–water partition coefficient (Wildman–Crippen LogP) is 1.52. The normalized spacial score (nSPS) is 19.0. The quantitative estimate of drug-likeness (QED) is 0.536. The molecule has 1 fully saturated rings. The monoisotopic (exact) mass is 192 g/mol. The Morgan fingerprint density at radius 3 is 2.79 bits per heavy atom. The van der Waals surface area contributed by atoms with Gasteiger partial charge in [0.05, 0.1) is 19.1 Å². The molecule has 1 aliphatic heterocycles. The molecule has 74 valence electrons. The first-order chi connectivity index (χ1) is 6.84. The minimum atomic E-state index is -0.184. The van der Waals surface area contributed by atoms with Gasteiger partial charge in [-0.1, -0.05) is 30.3 Å². The minimum absolute atomic E-state index is 0.110. The Hall–Kier alpha value is -1.35. The van der Waals surface area contributed by atoms with Crippen molar-refractivity contribution in [3.63, 3.8) is 0 Å². The molecule has 2 rings (SSSR count). The molecule has 0 spiro atoms. The van der Waals surface area contributed by atoms with E-state index in [1.807, 2.05) is 30.3 Å². The van der Waals surface area contributed by atoms with Crippen LogP contribution in [0, 0.1) is 0 Å². The van der Waals surface area contributed by atoms with Gasteiger partial charge in [-0.3, -0.25) is 4.79 Å². The molecule has 0 amide bonds. The van der Waals surface area contributed by atoms with Crippen LogP contribution in [0.3, 0.4) is 0 Å². The molecule has 3 nitrogen and oxygen atoms in total. The maximum atomic E-state index is 11.2. The summed E-state index contributed by atoms with van der Waals surface area (Å²) in [7, 11) is 0. The Kier molecular flexibility index (Phi) is 2.79. The van der Waals surface area contributed by atoms with Gasteiger partial charge in [-0.25, -0.2) is 0 Å². The van der Waals surface area contributed by atoms with E-state index in [-0.39, 0.29) is 12.1 Å². The largest absolute Gasteiger partial charge is 0.461 e. The Morgan fingerprint density at radius 1 is 1.43 bits per heavy atom. The third-order valence-electron chi connectivity index (χ3n) is 2.04. The molecule has 0 radical (unpaired) electrons. The molecule has 1 aromatic rings. The standard InChI is InChI=1S/C11H12O3/c12-11(6-10-8-13-10)14-7-9-4-2-1-3-5-9/h1-5,10H,6-8H2/t10-/m1/s1. The SMILES string of the molecule is O=C(C[C@@H]1CO1)OCc1ccccc1. The van der Waals surface area contributed by atoms with Crippen molar-refractivity contribution >= 4 is 5.97 Å². The molecule has 1 aromatic carbocycles. The molecule has 1 atom stereocenters. The molecule has 0 unspecified atom stereocenters. The highest BCUT2D eigenvalue weighted by molar-refractivity contribution is 5.70. The zero-order chi connectivity index (χ0) is 9.80. The van der Waals surface area contributed by atoms with E-state index in [1.165, 1.54) is 0 Å². The Labute approximate surface area is 82.6 Å². The summed E-state index contributed by atoms with van der Waals surface area (Å²) in [5, 5.41) is 0. The van der Waals surface area contributed by atoms with Crippen LogP contribution in [-0.4, -0.2) is 18.7 Å². The second-order valence-electron chi connectivity index (χ2n) is 3.31. The molecule has 0 saturated carbocycles. The van der Waals surface area contributed by atoms with Gasteiger partial charge in [0.1, 0.15) is 6.61 Å². The van der Waals surface area contributed by atoms with Gasteiger partial charge < -0.3 is 9.47 Å². The second-order valence-corrected chi connectivity index (χ2v) is 3.31. The van der Waals surface area contributed by atoms with Crippen molar-refractivity contribution in [1.29, 1.82) is 0 Å². The van der Waals surface area contributed by atoms with Crippen molar-refractivity contribution in [2.24, 2.45) is 0 Å². The van der Waals surface area contributed by atoms with Crippen LogP contribution in [0.5, 0.6) is 0 Å². The van der Waals surface area contributed by atoms with Gasteiger partial charge >= 0.3 is 5.97 Å². The van der Waals surface area contributed by atoms with Crippen molar-refractivity contribution in [3.8, 4) is 0 Å². The van der Waals surface area contributed by atoms with Crippen LogP contribution in [-0.2, 0) is 20.9 Å². The van der Waals surface area contributed by atoms with Gasteiger partial charge in [-0.2, -0.15) is 0 Å². The maximum absolute atomic E-state index is 11.2. The fraction of sp³-hybridized carbons (Fsp3) is 0.364. The molecule has 0 aromatic heterocycles. The third-order valence-corrected chi connectivity index (χ3v) is 2.04. The molecular formula is C11H12O3. The van der Waals surface area contributed by atoms with E-state index < -0.39 is 0 Å². The summed E-state index contributed by atoms with van der Waals surface area (Å²) in [6.45, 7) is 1.05. The highest BCUT2D eigenvalue weighted by atomic mass is 16.6. The number of hydrogen-bond acceptors (Lipinski definition) is 3. The zero-order valence-corrected chi connectivity index (χ0v) is 7.81. The van der Waals surface area contributed by atoms with Crippen molar-refractivity contribution in [1.82, 2.24) is 0 Å². The lowest BCUT2D eigenvalue weighted by molar-refractivity contribution is -0.145. The van der Waals surface area contributed by atoms with Gasteiger partial charge in [0.2, 0.25) is 0 Å². The number of carbonyl (C=O) groups excluding carboxylic acids is 1. The van der Waals surface area contributed by atoms with Crippen LogP contribution >= 0.6 is 0 Å². The van der Waals surface area contributed by atoms with Crippen LogP contribution < -0.4 is 0 Å². The number of rotatable bonds is 4. The summed E-state index contributed by atoms with van der Waals surface area (Å²) < 4.78 is 9.99. The fourth-order valence-corrected chi connectivity index (χ4v) is 1.17. The lowest BCUT2D eigenvalue weighted by atomic mass is 10.2. The summed E-state index contributed by atoms with van der Waals surface area (Å²) in [5.74, 6) is -0.184. The number of benzene rings is 1. The lowest BCUT2D eigenvalue weighted by Crippen LogP contribution is -2.07. The lowest BCUT2D eigenvalue weighted by Gasteiger charge is -2.02. The van der Waals surface area contributed by atoms with E-state index in [9.17, 15) is 4.79 Å². The number of carbonyl (C=O) groups is 1. The van der Waals surface area contributed by atoms with Gasteiger partial charge in [-0.15, -0.1) is 0 Å². The first-order valence-electron chi connectivity index (χ1n) is 4.66. The molecule has 0 N–H and O–H groups in total. The van der Waals surface area contributed by atoms with E-state index in [2.05, 4.69) is 0 Å². The van der Waals surface area contributed by atoms with E-state index in [4.69, 9.17) is 9.47 Å². The molecular weight excluding hydrogens is 180 g/mol. The van der Waals surface area contributed by atoms with E-state index in [1.54, 1.807) is 0 Å². The van der Waals surface area contributed by atoms with Crippen molar-refractivity contribution in [2.75, 3.05) is 6.61 Å². The predicted molar refractivity (Wildman–Crippen MR) is 50.6 cm³/mol. The summed E-state index contributed by atoms with van der Waals surface area (Å²) in [6.07, 6.45) is 0.491. The van der Waals surface area contributed by atoms with E-state index in [0.29, 0.717) is 19.6 Å². The molecule has 1 heterocycles. The molecule has 3 heteroatoms. The van der Waals surface area contributed by atoms with Crippen molar-refractivity contribution in [2.45, 2.75) is 19.1 Å². The summed E-state index contributed by atoms with van der Waals surface area (Å²) >= 11 is 0. The highest BCUT2D eigenvalue weighted by Gasteiger charge is 2.26. The van der Waals surface area contributed by atoms with Crippen LogP contribution in [0.15, 0.2) is 30.3 Å². The number of esters is 1. The summed E-state index contributed by atoms with van der Waals surface area (Å²) in [6, 6.07) is 9.64. The summed E-state index contributed by atoms with van der Waals surface area (Å²) in [5.41, 5.74) is 1.01. The third kappa shape index (κ3) is 2.85. The van der Waals surface area contributed by atoms with Gasteiger partial charge in [0, 0.05) is 0 Å². The Balaban J connectivity index is 1.73. The first kappa shape index (κ1) is 9.21. The molecule has 1 aliphatic rings. The average Bonchev–Trinajstić information content (AvgIpc) is 3.00. The van der Waals surface area contributed by atoms with E-state index >= 15 is 0 Å². The maximum Gasteiger partial charge on any atom is 0.308 e. The van der Waals surface area contributed by atoms with Crippen LogP contribution in [0.4, 0.5) is 0 Å². The number of epoxide rings is 1. The first-order valence-corrected chi connectivity index (χ1v) is 4.66. The van der Waals surface area contributed by atoms with E-state index in [0.717, 1.165) is 5.56 Å². The smallest absolute Gasteiger partial charge is 0.308 e. The molecule has 0 aliphatic carbocycles. The van der Waals surface area contributed by atoms with Gasteiger partial charge in [0.25, 0.3) is 0 Å². The van der Waals surface area contributed by atoms with Gasteiger partial charge in [0.15, 0.2) is 0 Å². The Morgan fingerprint density at radius 2 is 2.14 bits per heavy atom.